The molecular weight excluding hydrogens is 246 g/mol. The summed E-state index contributed by atoms with van der Waals surface area (Å²) in [5.41, 5.74) is 1.04. The van der Waals surface area contributed by atoms with Gasteiger partial charge in [-0.2, -0.15) is 12.6 Å². The Kier molecular flexibility index (Phi) is 3.69. The van der Waals surface area contributed by atoms with Crippen LogP contribution in [0.25, 0.3) is 0 Å². The number of aryl methyl sites for hydroxylation is 1. The molecule has 0 spiro atoms. The summed E-state index contributed by atoms with van der Waals surface area (Å²) in [6.45, 7) is 0. The molecule has 4 heteroatoms. The number of nitrogens with zero attached hydrogens (tertiary/aromatic N) is 1. The molecule has 0 atom stereocenters. The lowest BCUT2D eigenvalue weighted by atomic mass is 10.2. The lowest BCUT2D eigenvalue weighted by Gasteiger charge is -2.00. The molecule has 0 saturated carbocycles. The quantitative estimate of drug-likeness (QED) is 0.631. The molecule has 1 nitrogen and oxygen atoms in total. The molecule has 0 N–H and O–H groups in total. The maximum absolute atomic E-state index is 5.81. The van der Waals surface area contributed by atoms with Crippen molar-refractivity contribution in [2.45, 2.75) is 6.42 Å². The van der Waals surface area contributed by atoms with E-state index in [1.165, 1.54) is 0 Å². The molecule has 0 saturated heterocycles. The third-order valence-electron chi connectivity index (χ3n) is 1.26. The SMILES string of the molecule is SCCc1cc(Br)cnc1Cl. The van der Waals surface area contributed by atoms with Gasteiger partial charge in [0, 0.05) is 10.7 Å². The summed E-state index contributed by atoms with van der Waals surface area (Å²) in [6, 6.07) is 1.96. The number of halogens is 2. The van der Waals surface area contributed by atoms with Crippen LogP contribution in [0.2, 0.25) is 5.15 Å². The minimum atomic E-state index is 0.572. The molecule has 1 aromatic heterocycles. The fourth-order valence-corrected chi connectivity index (χ4v) is 1.58. The van der Waals surface area contributed by atoms with Gasteiger partial charge in [-0.05, 0) is 39.7 Å². The van der Waals surface area contributed by atoms with Crippen molar-refractivity contribution in [2.75, 3.05) is 5.75 Å². The molecular formula is C7H7BrClNS. The summed E-state index contributed by atoms with van der Waals surface area (Å²) in [5.74, 6) is 0.790. The van der Waals surface area contributed by atoms with Crippen LogP contribution in [0.4, 0.5) is 0 Å². The van der Waals surface area contributed by atoms with E-state index in [1.54, 1.807) is 6.20 Å². The maximum Gasteiger partial charge on any atom is 0.132 e. The fourth-order valence-electron chi connectivity index (χ4n) is 0.760. The second-order valence-electron chi connectivity index (χ2n) is 2.08. The van der Waals surface area contributed by atoms with Crippen LogP contribution in [-0.4, -0.2) is 10.7 Å². The summed E-state index contributed by atoms with van der Waals surface area (Å²) >= 11 is 13.2. The molecule has 1 rings (SSSR count). The first-order chi connectivity index (χ1) is 5.24. The van der Waals surface area contributed by atoms with Crippen LogP contribution in [0.15, 0.2) is 16.7 Å². The van der Waals surface area contributed by atoms with Crippen molar-refractivity contribution in [3.8, 4) is 0 Å². The second kappa shape index (κ2) is 4.33. The summed E-state index contributed by atoms with van der Waals surface area (Å²) in [6.07, 6.45) is 2.54. The van der Waals surface area contributed by atoms with E-state index in [0.29, 0.717) is 5.15 Å². The third kappa shape index (κ3) is 2.65. The van der Waals surface area contributed by atoms with E-state index >= 15 is 0 Å². The van der Waals surface area contributed by atoms with Crippen molar-refractivity contribution in [3.05, 3.63) is 27.5 Å². The van der Waals surface area contributed by atoms with E-state index in [1.807, 2.05) is 6.07 Å². The number of pyridine rings is 1. The van der Waals surface area contributed by atoms with Crippen molar-refractivity contribution in [3.63, 3.8) is 0 Å². The Morgan fingerprint density at radius 2 is 2.36 bits per heavy atom. The van der Waals surface area contributed by atoms with Crippen LogP contribution in [0.3, 0.4) is 0 Å². The highest BCUT2D eigenvalue weighted by Gasteiger charge is 2.00. The highest BCUT2D eigenvalue weighted by molar-refractivity contribution is 9.10. The minimum Gasteiger partial charge on any atom is -0.243 e. The van der Waals surface area contributed by atoms with Crippen LogP contribution in [0.5, 0.6) is 0 Å². The van der Waals surface area contributed by atoms with E-state index in [0.717, 1.165) is 22.2 Å². The molecule has 0 amide bonds. The average Bonchev–Trinajstić information content (AvgIpc) is 1.98. The molecule has 60 valence electrons. The van der Waals surface area contributed by atoms with Crippen molar-refractivity contribution in [1.29, 1.82) is 0 Å². The maximum atomic E-state index is 5.81. The molecule has 0 bridgehead atoms. The Morgan fingerprint density at radius 3 is 3.00 bits per heavy atom. The normalized spacial score (nSPS) is 10.1. The minimum absolute atomic E-state index is 0.572. The summed E-state index contributed by atoms with van der Waals surface area (Å²) in [4.78, 5) is 3.98. The first kappa shape index (κ1) is 9.36. The van der Waals surface area contributed by atoms with Crippen molar-refractivity contribution < 1.29 is 0 Å². The zero-order valence-electron chi connectivity index (χ0n) is 5.72. The van der Waals surface area contributed by atoms with Crippen molar-refractivity contribution >= 4 is 40.2 Å². The smallest absolute Gasteiger partial charge is 0.132 e. The molecule has 1 aromatic rings. The van der Waals surface area contributed by atoms with Gasteiger partial charge in [0.15, 0.2) is 0 Å². The zero-order chi connectivity index (χ0) is 8.27. The number of rotatable bonds is 2. The molecule has 0 radical (unpaired) electrons. The lowest BCUT2D eigenvalue weighted by molar-refractivity contribution is 1.11. The van der Waals surface area contributed by atoms with E-state index in [4.69, 9.17) is 11.6 Å². The molecule has 0 unspecified atom stereocenters. The second-order valence-corrected chi connectivity index (χ2v) is 3.80. The van der Waals surface area contributed by atoms with E-state index in [2.05, 4.69) is 33.5 Å². The number of hydrogen-bond donors (Lipinski definition) is 1. The monoisotopic (exact) mass is 251 g/mol. The largest absolute Gasteiger partial charge is 0.243 e. The van der Waals surface area contributed by atoms with Crippen LogP contribution in [0, 0.1) is 0 Å². The molecule has 11 heavy (non-hydrogen) atoms. The fraction of sp³-hybridized carbons (Fsp3) is 0.286. The van der Waals surface area contributed by atoms with Crippen molar-refractivity contribution in [1.82, 2.24) is 4.98 Å². The van der Waals surface area contributed by atoms with Gasteiger partial charge in [0.2, 0.25) is 0 Å². The number of hydrogen-bond acceptors (Lipinski definition) is 2. The van der Waals surface area contributed by atoms with Gasteiger partial charge in [0.25, 0.3) is 0 Å². The number of thiol groups is 1. The van der Waals surface area contributed by atoms with Gasteiger partial charge in [-0.25, -0.2) is 4.98 Å². The lowest BCUT2D eigenvalue weighted by Crippen LogP contribution is -1.89. The topological polar surface area (TPSA) is 12.9 Å². The predicted molar refractivity (Wildman–Crippen MR) is 54.5 cm³/mol. The highest BCUT2D eigenvalue weighted by atomic mass is 79.9. The van der Waals surface area contributed by atoms with Crippen LogP contribution < -0.4 is 0 Å². The van der Waals surface area contributed by atoms with Crippen LogP contribution >= 0.6 is 40.2 Å². The van der Waals surface area contributed by atoms with Gasteiger partial charge in [0.1, 0.15) is 5.15 Å². The Balaban J connectivity index is 2.93. The average molecular weight is 253 g/mol. The summed E-state index contributed by atoms with van der Waals surface area (Å²) < 4.78 is 0.957. The van der Waals surface area contributed by atoms with Gasteiger partial charge >= 0.3 is 0 Å². The number of aromatic nitrogens is 1. The summed E-state index contributed by atoms with van der Waals surface area (Å²) in [7, 11) is 0. The Bertz CT molecular complexity index is 254. The van der Waals surface area contributed by atoms with Crippen molar-refractivity contribution in [2.24, 2.45) is 0 Å². The van der Waals surface area contributed by atoms with Gasteiger partial charge < -0.3 is 0 Å². The highest BCUT2D eigenvalue weighted by Crippen LogP contribution is 2.18. The third-order valence-corrected chi connectivity index (χ3v) is 2.26. The molecule has 0 aliphatic carbocycles. The molecule has 0 aliphatic heterocycles. The first-order valence-electron chi connectivity index (χ1n) is 3.15. The molecule has 0 aliphatic rings. The zero-order valence-corrected chi connectivity index (χ0v) is 8.96. The Labute approximate surface area is 84.7 Å². The van der Waals surface area contributed by atoms with Gasteiger partial charge in [0.05, 0.1) is 0 Å². The Hall–Kier alpha value is 0.270. The van der Waals surface area contributed by atoms with Crippen LogP contribution in [-0.2, 0) is 6.42 Å². The van der Waals surface area contributed by atoms with Gasteiger partial charge in [-0.15, -0.1) is 0 Å². The van der Waals surface area contributed by atoms with Gasteiger partial charge in [-0.3, -0.25) is 0 Å². The van der Waals surface area contributed by atoms with Gasteiger partial charge in [-0.1, -0.05) is 11.6 Å². The van der Waals surface area contributed by atoms with Crippen LogP contribution in [0.1, 0.15) is 5.56 Å². The standard InChI is InChI=1S/C7H7BrClNS/c8-6-3-5(1-2-11)7(9)10-4-6/h3-4,11H,1-2H2. The molecule has 1 heterocycles. The summed E-state index contributed by atoms with van der Waals surface area (Å²) in [5, 5.41) is 0.572. The van der Waals surface area contributed by atoms with E-state index in [-0.39, 0.29) is 0 Å². The van der Waals surface area contributed by atoms with E-state index < -0.39 is 0 Å². The molecule has 0 aromatic carbocycles. The first-order valence-corrected chi connectivity index (χ1v) is 4.95. The molecule has 0 fully saturated rings. The Morgan fingerprint density at radius 1 is 1.64 bits per heavy atom. The van der Waals surface area contributed by atoms with E-state index in [9.17, 15) is 0 Å². The predicted octanol–water partition coefficient (Wildman–Crippen LogP) is 2.97.